The van der Waals surface area contributed by atoms with Gasteiger partial charge in [-0.2, -0.15) is 0 Å². The third-order valence-electron chi connectivity index (χ3n) is 11.2. The van der Waals surface area contributed by atoms with E-state index in [2.05, 4.69) is 54.6 Å². The summed E-state index contributed by atoms with van der Waals surface area (Å²) >= 11 is 0. The molecular formula is C28H48O2Si. The molecule has 0 heterocycles. The zero-order chi connectivity index (χ0) is 22.8. The van der Waals surface area contributed by atoms with E-state index in [9.17, 15) is 4.79 Å². The van der Waals surface area contributed by atoms with Crippen molar-refractivity contribution in [3.05, 3.63) is 11.6 Å². The van der Waals surface area contributed by atoms with Crippen LogP contribution in [0.4, 0.5) is 0 Å². The summed E-state index contributed by atoms with van der Waals surface area (Å²) < 4.78 is 6.70. The first-order valence-electron chi connectivity index (χ1n) is 13.2. The Balaban J connectivity index is 1.48. The van der Waals surface area contributed by atoms with Gasteiger partial charge in [0.2, 0.25) is 0 Å². The minimum absolute atomic E-state index is 0.289. The Morgan fingerprint density at radius 1 is 1.06 bits per heavy atom. The molecule has 2 nitrogen and oxygen atoms in total. The van der Waals surface area contributed by atoms with Gasteiger partial charge in [0.1, 0.15) is 0 Å². The quantitative estimate of drug-likeness (QED) is 0.414. The van der Waals surface area contributed by atoms with Crippen LogP contribution >= 0.6 is 0 Å². The van der Waals surface area contributed by atoms with E-state index in [-0.39, 0.29) is 5.04 Å². The van der Waals surface area contributed by atoms with Gasteiger partial charge < -0.3 is 4.43 Å². The molecule has 31 heavy (non-hydrogen) atoms. The minimum atomic E-state index is -1.68. The third kappa shape index (κ3) is 3.84. The lowest BCUT2D eigenvalue weighted by Gasteiger charge is -2.58. The maximum Gasteiger partial charge on any atom is 0.191 e. The van der Waals surface area contributed by atoms with Gasteiger partial charge in [-0.05, 0) is 110 Å². The Labute approximate surface area is 193 Å². The van der Waals surface area contributed by atoms with Gasteiger partial charge in [0.15, 0.2) is 14.1 Å². The highest BCUT2D eigenvalue weighted by Gasteiger charge is 2.59. The molecule has 4 aliphatic rings. The van der Waals surface area contributed by atoms with E-state index in [1.165, 1.54) is 44.1 Å². The fourth-order valence-corrected chi connectivity index (χ4v) is 9.32. The van der Waals surface area contributed by atoms with Gasteiger partial charge in [0, 0.05) is 13.0 Å². The molecule has 0 bridgehead atoms. The average molecular weight is 445 g/mol. The number of carbonyl (C=O) groups excluding carboxylic acids is 1. The Bertz CT molecular complexity index is 747. The molecule has 0 aromatic heterocycles. The van der Waals surface area contributed by atoms with Crippen molar-refractivity contribution < 1.29 is 9.22 Å². The second-order valence-corrected chi connectivity index (χ2v) is 18.6. The number of hydrogen-bond donors (Lipinski definition) is 0. The van der Waals surface area contributed by atoms with Crippen LogP contribution in [0.2, 0.25) is 18.1 Å². The van der Waals surface area contributed by atoms with Crippen LogP contribution in [-0.4, -0.2) is 20.7 Å². The number of carbonyl (C=O) groups is 1. The van der Waals surface area contributed by atoms with Crippen molar-refractivity contribution in [1.29, 1.82) is 0 Å². The first-order chi connectivity index (χ1) is 14.3. The lowest BCUT2D eigenvalue weighted by molar-refractivity contribution is -0.117. The molecule has 3 saturated carbocycles. The fourth-order valence-electron chi connectivity index (χ4n) is 8.21. The number of rotatable bonds is 4. The third-order valence-corrected chi connectivity index (χ3v) is 15.7. The highest BCUT2D eigenvalue weighted by molar-refractivity contribution is 6.74. The highest BCUT2D eigenvalue weighted by Crippen LogP contribution is 2.67. The Morgan fingerprint density at radius 3 is 2.45 bits per heavy atom. The molecule has 1 unspecified atom stereocenters. The molecule has 3 heteroatoms. The first kappa shape index (κ1) is 23.7. The van der Waals surface area contributed by atoms with E-state index < -0.39 is 8.32 Å². The topological polar surface area (TPSA) is 26.3 Å². The van der Waals surface area contributed by atoms with Crippen LogP contribution in [0.1, 0.15) is 92.9 Å². The van der Waals surface area contributed by atoms with Crippen molar-refractivity contribution >= 4 is 14.1 Å². The monoisotopic (exact) mass is 444 g/mol. The highest BCUT2D eigenvalue weighted by atomic mass is 28.4. The van der Waals surface area contributed by atoms with Crippen molar-refractivity contribution in [1.82, 2.24) is 0 Å². The number of ketones is 1. The van der Waals surface area contributed by atoms with Crippen LogP contribution in [0.15, 0.2) is 11.6 Å². The van der Waals surface area contributed by atoms with Gasteiger partial charge >= 0.3 is 0 Å². The summed E-state index contributed by atoms with van der Waals surface area (Å²) in [5.74, 6) is 4.39. The molecule has 0 N–H and O–H groups in total. The summed E-state index contributed by atoms with van der Waals surface area (Å²) in [7, 11) is -1.68. The Morgan fingerprint density at radius 2 is 1.77 bits per heavy atom. The molecule has 7 atom stereocenters. The van der Waals surface area contributed by atoms with Crippen LogP contribution in [0, 0.1) is 40.4 Å². The standard InChI is InChI=1S/C28H48O2Si/c1-19(18-30-31(7,8)26(2,3)4)23-11-12-24-22-10-9-20-17-21(29)13-15-27(20,5)25(22)14-16-28(23,24)6/h17,19,22-25H,9-16,18H2,1-8H3/t19?,22-,23+,24-,25-,27-,28+/m0/s1. The van der Waals surface area contributed by atoms with Crippen LogP contribution in [0.3, 0.4) is 0 Å². The Kier molecular flexibility index (Phi) is 5.99. The molecule has 0 aromatic rings. The number of allylic oxidation sites excluding steroid dienone is 1. The molecule has 0 saturated heterocycles. The molecule has 176 valence electrons. The summed E-state index contributed by atoms with van der Waals surface area (Å²) in [6, 6.07) is 0. The van der Waals surface area contributed by atoms with E-state index in [0.717, 1.165) is 43.1 Å². The zero-order valence-electron chi connectivity index (χ0n) is 21.6. The molecular weight excluding hydrogens is 396 g/mol. The average Bonchev–Trinajstić information content (AvgIpc) is 3.03. The lowest BCUT2D eigenvalue weighted by Crippen LogP contribution is -2.51. The largest absolute Gasteiger partial charge is 0.417 e. The van der Waals surface area contributed by atoms with Crippen molar-refractivity contribution in [2.45, 2.75) is 111 Å². The minimum Gasteiger partial charge on any atom is -0.417 e. The smallest absolute Gasteiger partial charge is 0.191 e. The summed E-state index contributed by atoms with van der Waals surface area (Å²) in [4.78, 5) is 12.1. The van der Waals surface area contributed by atoms with Crippen LogP contribution in [-0.2, 0) is 9.22 Å². The summed E-state index contributed by atoms with van der Waals surface area (Å²) in [5, 5.41) is 0.289. The van der Waals surface area contributed by atoms with Gasteiger partial charge in [0.25, 0.3) is 0 Å². The van der Waals surface area contributed by atoms with E-state index in [4.69, 9.17) is 4.43 Å². The number of fused-ring (bicyclic) bond motifs is 5. The van der Waals surface area contributed by atoms with Crippen LogP contribution in [0.5, 0.6) is 0 Å². The second-order valence-electron chi connectivity index (χ2n) is 13.7. The van der Waals surface area contributed by atoms with Gasteiger partial charge in [0.05, 0.1) is 0 Å². The second kappa shape index (κ2) is 7.83. The summed E-state index contributed by atoms with van der Waals surface area (Å²) in [6.07, 6.45) is 12.0. The van der Waals surface area contributed by atoms with Crippen LogP contribution in [0.25, 0.3) is 0 Å². The number of hydrogen-bond acceptors (Lipinski definition) is 2. The normalized spacial score (nSPS) is 41.8. The zero-order valence-corrected chi connectivity index (χ0v) is 22.6. The molecule has 4 aliphatic carbocycles. The van der Waals surface area contributed by atoms with E-state index in [0.29, 0.717) is 22.5 Å². The van der Waals surface area contributed by atoms with E-state index >= 15 is 0 Å². The van der Waals surface area contributed by atoms with E-state index in [1.54, 1.807) is 0 Å². The SMILES string of the molecule is CC(CO[Si](C)(C)C(C)(C)C)[C@H]1CC[C@H]2[C@@H]3CCC4=CC(=O)CC[C@]4(C)[C@H]3CC[C@]12C. The molecule has 0 radical (unpaired) electrons. The maximum atomic E-state index is 12.1. The molecule has 0 aliphatic heterocycles. The van der Waals surface area contributed by atoms with Gasteiger partial charge in [-0.3, -0.25) is 4.79 Å². The molecule has 0 amide bonds. The fraction of sp³-hybridized carbons (Fsp3) is 0.893. The molecule has 4 rings (SSSR count). The van der Waals surface area contributed by atoms with Crippen molar-refractivity contribution in [3.8, 4) is 0 Å². The lowest BCUT2D eigenvalue weighted by atomic mass is 9.46. The molecule has 0 spiro atoms. The predicted octanol–water partition coefficient (Wildman–Crippen LogP) is 7.79. The van der Waals surface area contributed by atoms with Crippen molar-refractivity contribution in [3.63, 3.8) is 0 Å². The van der Waals surface area contributed by atoms with Gasteiger partial charge in [-0.1, -0.05) is 47.1 Å². The van der Waals surface area contributed by atoms with Crippen molar-refractivity contribution in [2.75, 3.05) is 6.61 Å². The van der Waals surface area contributed by atoms with Gasteiger partial charge in [-0.15, -0.1) is 0 Å². The maximum absolute atomic E-state index is 12.1. The molecule has 0 aromatic carbocycles. The summed E-state index contributed by atoms with van der Waals surface area (Å²) in [6.45, 7) is 20.4. The molecule has 3 fully saturated rings. The summed E-state index contributed by atoms with van der Waals surface area (Å²) in [5.41, 5.74) is 2.28. The van der Waals surface area contributed by atoms with Crippen molar-refractivity contribution in [2.24, 2.45) is 40.4 Å². The Hall–Kier alpha value is -0.413. The predicted molar refractivity (Wildman–Crippen MR) is 133 cm³/mol. The van der Waals surface area contributed by atoms with E-state index in [1.807, 2.05) is 6.08 Å². The van der Waals surface area contributed by atoms with Crippen LogP contribution < -0.4 is 0 Å². The van der Waals surface area contributed by atoms with Gasteiger partial charge in [-0.25, -0.2) is 0 Å². The first-order valence-corrected chi connectivity index (χ1v) is 16.1.